The highest BCUT2D eigenvalue weighted by Crippen LogP contribution is 2.34. The molecule has 0 aliphatic carbocycles. The first-order valence-corrected chi connectivity index (χ1v) is 9.39. The van der Waals surface area contributed by atoms with Crippen molar-refractivity contribution >= 4 is 47.6 Å². The quantitative estimate of drug-likeness (QED) is 0.641. The normalized spacial score (nSPS) is 12.1. The summed E-state index contributed by atoms with van der Waals surface area (Å²) in [5, 5.41) is 0. The van der Waals surface area contributed by atoms with Crippen LogP contribution in [0.2, 0.25) is 0 Å². The number of sulfonamides is 1. The Labute approximate surface area is 153 Å². The van der Waals surface area contributed by atoms with E-state index in [9.17, 15) is 21.6 Å². The molecule has 24 heavy (non-hydrogen) atoms. The van der Waals surface area contributed by atoms with Crippen LogP contribution in [0.25, 0.3) is 0 Å². The number of alkyl halides is 3. The van der Waals surface area contributed by atoms with E-state index >= 15 is 0 Å². The highest BCUT2D eigenvalue weighted by atomic mass is 79.9. The van der Waals surface area contributed by atoms with Crippen molar-refractivity contribution in [3.63, 3.8) is 0 Å². The van der Waals surface area contributed by atoms with Gasteiger partial charge >= 0.3 is 6.36 Å². The summed E-state index contributed by atoms with van der Waals surface area (Å²) in [5.41, 5.74) is 0.849. The maximum Gasteiger partial charge on any atom is 0.573 e. The molecule has 0 spiro atoms. The van der Waals surface area contributed by atoms with Gasteiger partial charge < -0.3 is 4.74 Å². The lowest BCUT2D eigenvalue weighted by Crippen LogP contribution is -2.21. The average Bonchev–Trinajstić information content (AvgIpc) is 2.40. The Kier molecular flexibility index (Phi) is 5.50. The molecule has 0 bridgehead atoms. The Hall–Kier alpha value is -1.26. The molecule has 0 saturated carbocycles. The molecular formula is C14H10Br2F3NO3S. The molecule has 0 heterocycles. The standard InChI is InChI=1S/C14H10Br2F3NO3S/c1-8-2-3-9(15)6-11(8)20-24(21,22)13-5-4-10(16)7-12(13)23-14(17,18)19/h2-7,20H,1H3. The van der Waals surface area contributed by atoms with E-state index in [1.54, 1.807) is 19.1 Å². The topological polar surface area (TPSA) is 55.4 Å². The van der Waals surface area contributed by atoms with E-state index in [4.69, 9.17) is 0 Å². The number of ether oxygens (including phenoxy) is 1. The second-order valence-electron chi connectivity index (χ2n) is 4.70. The molecule has 0 aromatic heterocycles. The minimum atomic E-state index is -5.02. The number of hydrogen-bond donors (Lipinski definition) is 1. The van der Waals surface area contributed by atoms with Gasteiger partial charge in [0.2, 0.25) is 0 Å². The monoisotopic (exact) mass is 487 g/mol. The van der Waals surface area contributed by atoms with Gasteiger partial charge in [-0.2, -0.15) is 0 Å². The molecule has 2 aromatic rings. The van der Waals surface area contributed by atoms with E-state index in [2.05, 4.69) is 41.3 Å². The summed E-state index contributed by atoms with van der Waals surface area (Å²) in [5.74, 6) is -0.822. The number of aryl methyl sites for hydroxylation is 1. The lowest BCUT2D eigenvalue weighted by Gasteiger charge is -2.16. The fourth-order valence-corrected chi connectivity index (χ4v) is 3.75. The van der Waals surface area contributed by atoms with Crippen molar-refractivity contribution in [2.75, 3.05) is 4.72 Å². The molecule has 0 saturated heterocycles. The van der Waals surface area contributed by atoms with Crippen molar-refractivity contribution in [1.29, 1.82) is 0 Å². The van der Waals surface area contributed by atoms with Gasteiger partial charge in [-0.05, 0) is 42.8 Å². The first-order chi connectivity index (χ1) is 11.0. The minimum absolute atomic E-state index is 0.241. The van der Waals surface area contributed by atoms with Crippen LogP contribution in [-0.4, -0.2) is 14.8 Å². The molecule has 0 aliphatic rings. The Morgan fingerprint density at radius 2 is 1.62 bits per heavy atom. The molecule has 0 radical (unpaired) electrons. The first-order valence-electron chi connectivity index (χ1n) is 6.32. The van der Waals surface area contributed by atoms with Gasteiger partial charge in [-0.3, -0.25) is 4.72 Å². The number of hydrogen-bond acceptors (Lipinski definition) is 3. The van der Waals surface area contributed by atoms with Gasteiger partial charge in [-0.15, -0.1) is 13.2 Å². The van der Waals surface area contributed by atoms with Crippen molar-refractivity contribution < 1.29 is 26.3 Å². The zero-order valence-corrected chi connectivity index (χ0v) is 16.0. The third-order valence-electron chi connectivity index (χ3n) is 2.86. The molecule has 1 N–H and O–H groups in total. The largest absolute Gasteiger partial charge is 0.573 e. The maximum absolute atomic E-state index is 12.5. The van der Waals surface area contributed by atoms with Crippen molar-refractivity contribution in [3.05, 3.63) is 50.9 Å². The smallest absolute Gasteiger partial charge is 0.404 e. The molecule has 4 nitrogen and oxygen atoms in total. The summed E-state index contributed by atoms with van der Waals surface area (Å²) in [6.45, 7) is 1.67. The molecule has 130 valence electrons. The lowest BCUT2D eigenvalue weighted by atomic mass is 10.2. The van der Waals surface area contributed by atoms with Crippen LogP contribution in [0, 0.1) is 6.92 Å². The SMILES string of the molecule is Cc1ccc(Br)cc1NS(=O)(=O)c1ccc(Br)cc1OC(F)(F)F. The van der Waals surface area contributed by atoms with Gasteiger partial charge in [0.05, 0.1) is 5.69 Å². The Balaban J connectivity index is 2.47. The van der Waals surface area contributed by atoms with Crippen LogP contribution in [0.3, 0.4) is 0 Å². The average molecular weight is 489 g/mol. The summed E-state index contributed by atoms with van der Waals surface area (Å²) in [6, 6.07) is 8.17. The summed E-state index contributed by atoms with van der Waals surface area (Å²) in [4.78, 5) is -0.623. The van der Waals surface area contributed by atoms with Gasteiger partial charge in [0.25, 0.3) is 10.0 Å². The summed E-state index contributed by atoms with van der Waals surface area (Å²) < 4.78 is 69.5. The molecule has 2 rings (SSSR count). The predicted octanol–water partition coefficient (Wildman–Crippen LogP) is 5.22. The van der Waals surface area contributed by atoms with Crippen LogP contribution in [0.15, 0.2) is 50.2 Å². The number of rotatable bonds is 4. The number of benzene rings is 2. The predicted molar refractivity (Wildman–Crippen MR) is 90.5 cm³/mol. The van der Waals surface area contributed by atoms with Crippen molar-refractivity contribution in [2.45, 2.75) is 18.2 Å². The van der Waals surface area contributed by atoms with E-state index < -0.39 is 27.0 Å². The maximum atomic E-state index is 12.5. The Morgan fingerprint density at radius 1 is 1.04 bits per heavy atom. The zero-order valence-electron chi connectivity index (χ0n) is 12.0. The second-order valence-corrected chi connectivity index (χ2v) is 8.19. The highest BCUT2D eigenvalue weighted by Gasteiger charge is 2.34. The van der Waals surface area contributed by atoms with Crippen LogP contribution in [-0.2, 0) is 10.0 Å². The van der Waals surface area contributed by atoms with Crippen molar-refractivity contribution in [2.24, 2.45) is 0 Å². The number of nitrogens with one attached hydrogen (secondary N) is 1. The minimum Gasteiger partial charge on any atom is -0.404 e. The van der Waals surface area contributed by atoms with E-state index in [1.807, 2.05) is 0 Å². The Bertz CT molecular complexity index is 870. The summed E-state index contributed by atoms with van der Waals surface area (Å²) >= 11 is 6.20. The molecule has 10 heteroatoms. The van der Waals surface area contributed by atoms with Crippen LogP contribution in [0.4, 0.5) is 18.9 Å². The van der Waals surface area contributed by atoms with Gasteiger partial charge in [0.1, 0.15) is 4.90 Å². The molecule has 0 amide bonds. The third-order valence-corrected chi connectivity index (χ3v) is 5.26. The number of halogens is 5. The zero-order chi connectivity index (χ0) is 18.1. The lowest BCUT2D eigenvalue weighted by molar-refractivity contribution is -0.275. The van der Waals surface area contributed by atoms with Crippen LogP contribution in [0.5, 0.6) is 5.75 Å². The third kappa shape index (κ3) is 4.87. The molecule has 2 aromatic carbocycles. The van der Waals surface area contributed by atoms with Crippen molar-refractivity contribution in [1.82, 2.24) is 0 Å². The first kappa shape index (κ1) is 19.1. The molecular weight excluding hydrogens is 479 g/mol. The second kappa shape index (κ2) is 6.93. The highest BCUT2D eigenvalue weighted by molar-refractivity contribution is 9.10. The van der Waals surface area contributed by atoms with Gasteiger partial charge in [0.15, 0.2) is 5.75 Å². The summed E-state index contributed by atoms with van der Waals surface area (Å²) in [7, 11) is -4.29. The van der Waals surface area contributed by atoms with Crippen LogP contribution < -0.4 is 9.46 Å². The van der Waals surface area contributed by atoms with Gasteiger partial charge in [0, 0.05) is 8.95 Å². The van der Waals surface area contributed by atoms with Gasteiger partial charge in [-0.1, -0.05) is 37.9 Å². The fourth-order valence-electron chi connectivity index (χ4n) is 1.81. The molecule has 0 aliphatic heterocycles. The molecule has 0 fully saturated rings. The molecule has 0 unspecified atom stereocenters. The van der Waals surface area contributed by atoms with Crippen molar-refractivity contribution in [3.8, 4) is 5.75 Å². The number of anilines is 1. The van der Waals surface area contributed by atoms with E-state index in [0.29, 0.717) is 10.0 Å². The van der Waals surface area contributed by atoms with Crippen LogP contribution in [0.1, 0.15) is 5.56 Å². The Morgan fingerprint density at radius 3 is 2.25 bits per heavy atom. The van der Waals surface area contributed by atoms with E-state index in [0.717, 1.165) is 12.1 Å². The fraction of sp³-hybridized carbons (Fsp3) is 0.143. The van der Waals surface area contributed by atoms with Crippen LogP contribution >= 0.6 is 31.9 Å². The summed E-state index contributed by atoms with van der Waals surface area (Å²) in [6.07, 6.45) is -5.02. The van der Waals surface area contributed by atoms with E-state index in [1.165, 1.54) is 12.1 Å². The van der Waals surface area contributed by atoms with Gasteiger partial charge in [-0.25, -0.2) is 8.42 Å². The molecule has 0 atom stereocenters. The van der Waals surface area contributed by atoms with E-state index in [-0.39, 0.29) is 10.2 Å².